The van der Waals surface area contributed by atoms with Crippen molar-refractivity contribution in [3.63, 3.8) is 0 Å². The Kier molecular flexibility index (Phi) is 7.25. The van der Waals surface area contributed by atoms with E-state index in [0.717, 1.165) is 6.07 Å². The largest absolute Gasteiger partial charge is 0.384 e. The number of fused-ring (bicyclic) bond motifs is 1. The van der Waals surface area contributed by atoms with Crippen molar-refractivity contribution in [1.82, 2.24) is 29.6 Å². The maximum absolute atomic E-state index is 14.2. The van der Waals surface area contributed by atoms with Crippen molar-refractivity contribution in [1.29, 1.82) is 0 Å². The first kappa shape index (κ1) is 26.9. The Bertz CT molecular complexity index is 1480. The van der Waals surface area contributed by atoms with Gasteiger partial charge >= 0.3 is 6.55 Å². The van der Waals surface area contributed by atoms with E-state index in [4.69, 9.17) is 9.97 Å². The van der Waals surface area contributed by atoms with Crippen LogP contribution in [0.25, 0.3) is 22.3 Å². The molecule has 4 aromatic rings. The smallest absolute Gasteiger partial charge is 0.333 e. The van der Waals surface area contributed by atoms with Crippen molar-refractivity contribution >= 4 is 16.9 Å². The fourth-order valence-corrected chi connectivity index (χ4v) is 4.51. The van der Waals surface area contributed by atoms with E-state index in [1.54, 1.807) is 19.2 Å². The summed E-state index contributed by atoms with van der Waals surface area (Å²) in [7, 11) is 0. The highest BCUT2D eigenvalue weighted by molar-refractivity contribution is 5.83. The number of piperazine rings is 1. The van der Waals surface area contributed by atoms with Gasteiger partial charge in [0.1, 0.15) is 28.4 Å². The van der Waals surface area contributed by atoms with Crippen molar-refractivity contribution in [2.75, 3.05) is 31.1 Å². The maximum Gasteiger partial charge on any atom is 0.333 e. The first-order valence-electron chi connectivity index (χ1n) is 12.7. The second kappa shape index (κ2) is 10.5. The fraction of sp³-hybridized carbons (Fsp3) is 0.407. The second-order valence-corrected chi connectivity index (χ2v) is 10.2. The summed E-state index contributed by atoms with van der Waals surface area (Å²) in [4.78, 5) is 18.1. The van der Waals surface area contributed by atoms with Gasteiger partial charge in [-0.1, -0.05) is 19.9 Å². The summed E-state index contributed by atoms with van der Waals surface area (Å²) in [6, 6.07) is 5.23. The zero-order chi connectivity index (χ0) is 27.9. The van der Waals surface area contributed by atoms with Gasteiger partial charge in [0.15, 0.2) is 5.82 Å². The SMILES string of the molecule is CC(C)C(C)(O)c1cc2nc(-c3cnn(C(F)F)c3)c(N3CCN(Cc4ccc(F)cc4F)CC3)nc2cn1. The van der Waals surface area contributed by atoms with E-state index in [1.165, 1.54) is 24.5 Å². The molecule has 0 aliphatic carbocycles. The van der Waals surface area contributed by atoms with Gasteiger partial charge in [0, 0.05) is 56.1 Å². The first-order valence-corrected chi connectivity index (χ1v) is 12.7. The molecule has 3 aromatic heterocycles. The van der Waals surface area contributed by atoms with Crippen LogP contribution in [-0.4, -0.2) is 60.9 Å². The lowest BCUT2D eigenvalue weighted by molar-refractivity contribution is 0.00501. The highest BCUT2D eigenvalue weighted by Gasteiger charge is 2.30. The van der Waals surface area contributed by atoms with Gasteiger partial charge in [-0.2, -0.15) is 13.9 Å². The lowest BCUT2D eigenvalue weighted by Crippen LogP contribution is -2.46. The molecule has 206 valence electrons. The summed E-state index contributed by atoms with van der Waals surface area (Å²) in [5.41, 5.74) is 1.37. The van der Waals surface area contributed by atoms with Crippen LogP contribution in [0.2, 0.25) is 0 Å². The van der Waals surface area contributed by atoms with Crippen LogP contribution in [0.3, 0.4) is 0 Å². The zero-order valence-corrected chi connectivity index (χ0v) is 21.8. The Morgan fingerprint density at radius 2 is 1.74 bits per heavy atom. The minimum atomic E-state index is -2.80. The van der Waals surface area contributed by atoms with Gasteiger partial charge in [-0.05, 0) is 25.0 Å². The summed E-state index contributed by atoms with van der Waals surface area (Å²) >= 11 is 0. The van der Waals surface area contributed by atoms with Crippen LogP contribution in [0.15, 0.2) is 42.9 Å². The second-order valence-electron chi connectivity index (χ2n) is 10.2. The van der Waals surface area contributed by atoms with Crippen molar-refractivity contribution in [2.24, 2.45) is 5.92 Å². The number of aliphatic hydroxyl groups is 1. The molecule has 12 heteroatoms. The number of benzene rings is 1. The molecule has 0 amide bonds. The Hall–Kier alpha value is -3.64. The van der Waals surface area contributed by atoms with Gasteiger partial charge in [0.2, 0.25) is 0 Å². The number of aromatic nitrogens is 5. The summed E-state index contributed by atoms with van der Waals surface area (Å²) in [5.74, 6) is -0.820. The molecule has 0 bridgehead atoms. The van der Waals surface area contributed by atoms with Crippen LogP contribution in [-0.2, 0) is 12.1 Å². The molecule has 39 heavy (non-hydrogen) atoms. The molecule has 4 heterocycles. The summed E-state index contributed by atoms with van der Waals surface area (Å²) in [5, 5.41) is 14.7. The van der Waals surface area contributed by atoms with E-state index in [0.29, 0.717) is 76.8 Å². The molecule has 5 rings (SSSR count). The van der Waals surface area contributed by atoms with Crippen LogP contribution < -0.4 is 4.90 Å². The van der Waals surface area contributed by atoms with Gasteiger partial charge in [0.25, 0.3) is 0 Å². The summed E-state index contributed by atoms with van der Waals surface area (Å²) in [6.45, 7) is 5.16. The van der Waals surface area contributed by atoms with Gasteiger partial charge in [-0.3, -0.25) is 9.88 Å². The average Bonchev–Trinajstić information content (AvgIpc) is 3.40. The van der Waals surface area contributed by atoms with Crippen molar-refractivity contribution < 1.29 is 22.7 Å². The molecule has 1 aromatic carbocycles. The topological polar surface area (TPSA) is 83.2 Å². The Balaban J connectivity index is 1.47. The van der Waals surface area contributed by atoms with Crippen LogP contribution in [0.4, 0.5) is 23.4 Å². The van der Waals surface area contributed by atoms with Crippen molar-refractivity contribution in [3.8, 4) is 11.3 Å². The number of hydrogen-bond acceptors (Lipinski definition) is 7. The average molecular weight is 544 g/mol. The molecule has 1 N–H and O–H groups in total. The molecular weight excluding hydrogens is 514 g/mol. The molecule has 1 aliphatic heterocycles. The number of hydrogen-bond donors (Lipinski definition) is 1. The highest BCUT2D eigenvalue weighted by Crippen LogP contribution is 2.33. The van der Waals surface area contributed by atoms with Crippen LogP contribution >= 0.6 is 0 Å². The van der Waals surface area contributed by atoms with Crippen molar-refractivity contribution in [3.05, 3.63) is 65.7 Å². The van der Waals surface area contributed by atoms with Gasteiger partial charge in [-0.15, -0.1) is 0 Å². The molecule has 0 saturated carbocycles. The third-order valence-corrected chi connectivity index (χ3v) is 7.33. The molecule has 1 unspecified atom stereocenters. The number of pyridine rings is 1. The molecule has 0 spiro atoms. The Labute approximate surface area is 222 Å². The quantitative estimate of drug-likeness (QED) is 0.337. The molecule has 1 fully saturated rings. The van der Waals surface area contributed by atoms with Crippen LogP contribution in [0, 0.1) is 17.6 Å². The molecular formula is C27H29F4N7O. The molecule has 1 aliphatic rings. The van der Waals surface area contributed by atoms with E-state index < -0.39 is 23.8 Å². The Morgan fingerprint density at radius 3 is 2.38 bits per heavy atom. The molecule has 8 nitrogen and oxygen atoms in total. The number of anilines is 1. The van der Waals surface area contributed by atoms with Crippen LogP contribution in [0.1, 0.15) is 38.6 Å². The minimum Gasteiger partial charge on any atom is -0.384 e. The maximum atomic E-state index is 14.2. The van der Waals surface area contributed by atoms with Gasteiger partial charge < -0.3 is 10.0 Å². The number of rotatable bonds is 7. The Morgan fingerprint density at radius 1 is 1.00 bits per heavy atom. The van der Waals surface area contributed by atoms with Crippen LogP contribution in [0.5, 0.6) is 0 Å². The predicted octanol–water partition coefficient (Wildman–Crippen LogP) is 4.75. The highest BCUT2D eigenvalue weighted by atomic mass is 19.3. The fourth-order valence-electron chi connectivity index (χ4n) is 4.51. The number of alkyl halides is 2. The van der Waals surface area contributed by atoms with Crippen molar-refractivity contribution in [2.45, 2.75) is 39.5 Å². The monoisotopic (exact) mass is 543 g/mol. The van der Waals surface area contributed by atoms with Gasteiger partial charge in [-0.25, -0.2) is 23.4 Å². The van der Waals surface area contributed by atoms with E-state index in [-0.39, 0.29) is 5.92 Å². The van der Waals surface area contributed by atoms with E-state index in [9.17, 15) is 22.7 Å². The molecule has 0 radical (unpaired) electrons. The minimum absolute atomic E-state index is 0.113. The lowest BCUT2D eigenvalue weighted by atomic mass is 9.88. The molecule has 1 atom stereocenters. The molecule has 1 saturated heterocycles. The zero-order valence-electron chi connectivity index (χ0n) is 21.8. The van der Waals surface area contributed by atoms with E-state index >= 15 is 0 Å². The first-order chi connectivity index (χ1) is 18.5. The summed E-state index contributed by atoms with van der Waals surface area (Å²) in [6.07, 6.45) is 4.10. The standard InChI is InChI=1S/C27H29F4N7O/c1-16(2)27(3,39)23-11-21-22(13-32-23)35-25(24(34-21)18-12-33-38(15-18)26(30)31)37-8-6-36(7-9-37)14-17-4-5-19(28)10-20(17)29/h4-5,10-13,15-16,26,39H,6-9,14H2,1-3H3. The van der Waals surface area contributed by atoms with Gasteiger partial charge in [0.05, 0.1) is 23.6 Å². The number of nitrogens with zero attached hydrogens (tertiary/aromatic N) is 7. The third-order valence-electron chi connectivity index (χ3n) is 7.33. The predicted molar refractivity (Wildman–Crippen MR) is 138 cm³/mol. The normalized spacial score (nSPS) is 16.4. The lowest BCUT2D eigenvalue weighted by Gasteiger charge is -2.36. The summed E-state index contributed by atoms with van der Waals surface area (Å²) < 4.78 is 54.6. The third kappa shape index (κ3) is 5.44. The van der Waals surface area contributed by atoms with E-state index in [1.807, 2.05) is 18.7 Å². The number of halogens is 4. The van der Waals surface area contributed by atoms with E-state index in [2.05, 4.69) is 15.0 Å².